The van der Waals surface area contributed by atoms with Gasteiger partial charge in [-0.3, -0.25) is 9.59 Å². The largest absolute Gasteiger partial charge is 0.336 e. The van der Waals surface area contributed by atoms with Gasteiger partial charge in [0.2, 0.25) is 11.8 Å². The molecule has 1 fully saturated rings. The van der Waals surface area contributed by atoms with E-state index in [0.717, 1.165) is 42.5 Å². The van der Waals surface area contributed by atoms with Crippen molar-refractivity contribution >= 4 is 29.9 Å². The van der Waals surface area contributed by atoms with Gasteiger partial charge in [-0.25, -0.2) is 0 Å². The molecule has 1 aromatic rings. The quantitative estimate of drug-likeness (QED) is 0.770. The van der Waals surface area contributed by atoms with Crippen LogP contribution in [-0.2, 0) is 9.59 Å². The molecule has 1 aromatic carbocycles. The Morgan fingerprint density at radius 1 is 1.11 bits per heavy atom. The molecule has 0 spiro atoms. The zero-order chi connectivity index (χ0) is 19.3. The number of hydrogen-bond acceptors (Lipinski definition) is 3. The second kappa shape index (κ2) is 10.1. The minimum absolute atomic E-state index is 0. The van der Waals surface area contributed by atoms with E-state index in [1.165, 1.54) is 16.9 Å². The number of anilines is 1. The summed E-state index contributed by atoms with van der Waals surface area (Å²) in [5.41, 5.74) is 9.99. The summed E-state index contributed by atoms with van der Waals surface area (Å²) in [6, 6.07) is 4.09. The highest BCUT2D eigenvalue weighted by Crippen LogP contribution is 2.38. The highest BCUT2D eigenvalue weighted by atomic mass is 35.5. The first-order valence-corrected chi connectivity index (χ1v) is 9.58. The van der Waals surface area contributed by atoms with Gasteiger partial charge in [0.1, 0.15) is 0 Å². The molecule has 1 aliphatic carbocycles. The average molecular weight is 396 g/mol. The number of halogens is 1. The van der Waals surface area contributed by atoms with Crippen LogP contribution in [-0.4, -0.2) is 36.9 Å². The number of carbonyl (C=O) groups excluding carboxylic acids is 2. The van der Waals surface area contributed by atoms with Gasteiger partial charge in [-0.05, 0) is 56.7 Å². The number of nitrogens with one attached hydrogen (secondary N) is 1. The Bertz CT molecular complexity index is 646. The molecule has 0 radical (unpaired) electrons. The molecule has 0 unspecified atom stereocenters. The van der Waals surface area contributed by atoms with Gasteiger partial charge >= 0.3 is 0 Å². The maximum absolute atomic E-state index is 12.6. The number of benzene rings is 1. The molecule has 1 aliphatic rings. The third-order valence-corrected chi connectivity index (χ3v) is 5.62. The lowest BCUT2D eigenvalue weighted by atomic mass is 9.71. The van der Waals surface area contributed by atoms with Crippen molar-refractivity contribution in [2.75, 3.05) is 25.5 Å². The van der Waals surface area contributed by atoms with E-state index in [-0.39, 0.29) is 36.2 Å². The first kappa shape index (κ1) is 23.4. The molecule has 0 aliphatic heterocycles. The van der Waals surface area contributed by atoms with E-state index >= 15 is 0 Å². The van der Waals surface area contributed by atoms with E-state index in [9.17, 15) is 9.59 Å². The molecule has 152 valence electrons. The number of carbonyl (C=O) groups is 2. The number of nitrogens with two attached hydrogens (primary N) is 1. The lowest BCUT2D eigenvalue weighted by Gasteiger charge is -2.36. The van der Waals surface area contributed by atoms with Crippen molar-refractivity contribution in [1.29, 1.82) is 0 Å². The van der Waals surface area contributed by atoms with Crippen LogP contribution in [0.5, 0.6) is 0 Å². The Kier molecular flexibility index (Phi) is 8.76. The third-order valence-electron chi connectivity index (χ3n) is 5.62. The second-order valence-electron chi connectivity index (χ2n) is 8.01. The molecular formula is C21H34ClN3O2. The average Bonchev–Trinajstić information content (AvgIpc) is 2.58. The van der Waals surface area contributed by atoms with Crippen LogP contribution in [0.1, 0.15) is 55.2 Å². The van der Waals surface area contributed by atoms with Gasteiger partial charge in [-0.2, -0.15) is 0 Å². The molecule has 27 heavy (non-hydrogen) atoms. The standard InChI is InChI=1S/C21H33N3O2.ClH/c1-15-10-16(2)20(17(3)11-15)23-18(25)13-24(4)19(26)12-21(14-22)8-6-5-7-9-21;/h10-11H,5-9,12-14,22H2,1-4H3,(H,23,25);1H. The van der Waals surface area contributed by atoms with Crippen LogP contribution in [0.15, 0.2) is 12.1 Å². The molecule has 2 amide bonds. The number of aryl methyl sites for hydroxylation is 3. The topological polar surface area (TPSA) is 75.4 Å². The predicted octanol–water partition coefficient (Wildman–Crippen LogP) is 3.73. The molecule has 0 heterocycles. The van der Waals surface area contributed by atoms with Crippen molar-refractivity contribution in [3.63, 3.8) is 0 Å². The molecule has 3 N–H and O–H groups in total. The molecule has 0 aromatic heterocycles. The van der Waals surface area contributed by atoms with Crippen molar-refractivity contribution in [3.8, 4) is 0 Å². The number of rotatable bonds is 6. The van der Waals surface area contributed by atoms with Crippen LogP contribution in [0.2, 0.25) is 0 Å². The molecule has 1 saturated carbocycles. The van der Waals surface area contributed by atoms with Gasteiger partial charge in [0.05, 0.1) is 6.54 Å². The van der Waals surface area contributed by atoms with E-state index in [0.29, 0.717) is 13.0 Å². The predicted molar refractivity (Wildman–Crippen MR) is 113 cm³/mol. The Hall–Kier alpha value is -1.59. The highest BCUT2D eigenvalue weighted by Gasteiger charge is 2.34. The van der Waals surface area contributed by atoms with Crippen molar-refractivity contribution in [3.05, 3.63) is 28.8 Å². The summed E-state index contributed by atoms with van der Waals surface area (Å²) in [6.45, 7) is 6.61. The van der Waals surface area contributed by atoms with E-state index in [4.69, 9.17) is 5.73 Å². The number of likely N-dealkylation sites (N-methyl/N-ethyl adjacent to an activating group) is 1. The summed E-state index contributed by atoms with van der Waals surface area (Å²) < 4.78 is 0. The summed E-state index contributed by atoms with van der Waals surface area (Å²) in [6.07, 6.45) is 5.97. The molecule has 6 heteroatoms. The van der Waals surface area contributed by atoms with Gasteiger partial charge in [-0.15, -0.1) is 12.4 Å². The lowest BCUT2D eigenvalue weighted by molar-refractivity contribution is -0.135. The maximum Gasteiger partial charge on any atom is 0.243 e. The zero-order valence-corrected chi connectivity index (χ0v) is 17.9. The first-order valence-electron chi connectivity index (χ1n) is 9.58. The fourth-order valence-corrected chi connectivity index (χ4v) is 4.07. The fraction of sp³-hybridized carbons (Fsp3) is 0.619. The van der Waals surface area contributed by atoms with Crippen molar-refractivity contribution < 1.29 is 9.59 Å². The SMILES string of the molecule is Cc1cc(C)c(NC(=O)CN(C)C(=O)CC2(CN)CCCCC2)c(C)c1.Cl. The minimum Gasteiger partial charge on any atom is -0.336 e. The summed E-state index contributed by atoms with van der Waals surface area (Å²) in [4.78, 5) is 26.6. The van der Waals surface area contributed by atoms with Crippen molar-refractivity contribution in [2.24, 2.45) is 11.1 Å². The van der Waals surface area contributed by atoms with Gasteiger partial charge in [-0.1, -0.05) is 37.0 Å². The first-order chi connectivity index (χ1) is 12.3. The van der Waals surface area contributed by atoms with Crippen LogP contribution in [0, 0.1) is 26.2 Å². The molecule has 5 nitrogen and oxygen atoms in total. The lowest BCUT2D eigenvalue weighted by Crippen LogP contribution is -2.41. The fourth-order valence-electron chi connectivity index (χ4n) is 4.07. The highest BCUT2D eigenvalue weighted by molar-refractivity contribution is 5.95. The maximum atomic E-state index is 12.6. The zero-order valence-electron chi connectivity index (χ0n) is 17.1. The Morgan fingerprint density at radius 2 is 1.67 bits per heavy atom. The molecule has 0 bridgehead atoms. The molecular weight excluding hydrogens is 362 g/mol. The van der Waals surface area contributed by atoms with Gasteiger partial charge in [0, 0.05) is 19.2 Å². The van der Waals surface area contributed by atoms with Crippen LogP contribution in [0.4, 0.5) is 5.69 Å². The molecule has 2 rings (SSSR count). The summed E-state index contributed by atoms with van der Waals surface area (Å²) in [7, 11) is 1.70. The van der Waals surface area contributed by atoms with Gasteiger partial charge in [0.15, 0.2) is 0 Å². The summed E-state index contributed by atoms with van der Waals surface area (Å²) in [5, 5.41) is 2.96. The third kappa shape index (κ3) is 6.22. The summed E-state index contributed by atoms with van der Waals surface area (Å²) >= 11 is 0. The minimum atomic E-state index is -0.165. The monoisotopic (exact) mass is 395 g/mol. The molecule has 0 atom stereocenters. The van der Waals surface area contributed by atoms with E-state index in [2.05, 4.69) is 5.32 Å². The van der Waals surface area contributed by atoms with E-state index in [1.807, 2.05) is 32.9 Å². The number of hydrogen-bond donors (Lipinski definition) is 2. The normalized spacial score (nSPS) is 15.6. The van der Waals surface area contributed by atoms with Gasteiger partial charge < -0.3 is 16.0 Å². The summed E-state index contributed by atoms with van der Waals surface area (Å²) in [5.74, 6) is -0.161. The Morgan fingerprint density at radius 3 is 2.19 bits per heavy atom. The van der Waals surface area contributed by atoms with Crippen molar-refractivity contribution in [2.45, 2.75) is 59.3 Å². The Labute approximate surface area is 169 Å². The Balaban J connectivity index is 0.00000364. The van der Waals surface area contributed by atoms with Gasteiger partial charge in [0.25, 0.3) is 0 Å². The molecule has 0 saturated heterocycles. The van der Waals surface area contributed by atoms with E-state index in [1.54, 1.807) is 7.05 Å². The van der Waals surface area contributed by atoms with Crippen LogP contribution < -0.4 is 11.1 Å². The van der Waals surface area contributed by atoms with E-state index < -0.39 is 0 Å². The van der Waals surface area contributed by atoms with Crippen LogP contribution in [0.25, 0.3) is 0 Å². The van der Waals surface area contributed by atoms with Crippen LogP contribution in [0.3, 0.4) is 0 Å². The number of amides is 2. The second-order valence-corrected chi connectivity index (χ2v) is 8.01. The smallest absolute Gasteiger partial charge is 0.243 e. The number of nitrogens with zero attached hydrogens (tertiary/aromatic N) is 1. The van der Waals surface area contributed by atoms with Crippen molar-refractivity contribution in [1.82, 2.24) is 4.90 Å². The van der Waals surface area contributed by atoms with Crippen LogP contribution >= 0.6 is 12.4 Å².